The fraction of sp³-hybridized carbons (Fsp3) is 0.408. The number of ether oxygens (including phenoxy) is 2. The number of piperidine rings is 1. The SMILES string of the molecule is CCc1c2c(nc3ccc(O)cc13)C1=CC3=C(COC(=O)C3(CC)OC(=O)CCC(O)N3CCC(Cc4ccc(-n5c(O)nnc5-c5cc(C(C)C)c(O)cc5O)cc4)CC3)C(O)N1C2. The van der Waals surface area contributed by atoms with Crippen LogP contribution in [0.25, 0.3) is 33.7 Å². The first kappa shape index (κ1) is 43.7. The van der Waals surface area contributed by atoms with Gasteiger partial charge in [-0.15, -0.1) is 5.10 Å². The molecule has 2 aromatic heterocycles. The molecule has 65 heavy (non-hydrogen) atoms. The molecule has 0 bridgehead atoms. The molecule has 3 atom stereocenters. The molecule has 4 aliphatic rings. The van der Waals surface area contributed by atoms with Crippen LogP contribution in [0.3, 0.4) is 0 Å². The number of phenols is 3. The van der Waals surface area contributed by atoms with Gasteiger partial charge in [0, 0.05) is 54.2 Å². The summed E-state index contributed by atoms with van der Waals surface area (Å²) in [5, 5.41) is 73.7. The Kier molecular flexibility index (Phi) is 11.5. The Labute approximate surface area is 375 Å². The molecule has 0 aliphatic carbocycles. The van der Waals surface area contributed by atoms with Crippen LogP contribution in [0.2, 0.25) is 0 Å². The van der Waals surface area contributed by atoms with Crippen molar-refractivity contribution >= 4 is 28.5 Å². The predicted molar refractivity (Wildman–Crippen MR) is 239 cm³/mol. The van der Waals surface area contributed by atoms with E-state index >= 15 is 0 Å². The number of aliphatic hydroxyl groups excluding tert-OH is 2. The monoisotopic (exact) mass is 886 g/mol. The number of hydrogen-bond donors (Lipinski definition) is 6. The van der Waals surface area contributed by atoms with Crippen molar-refractivity contribution in [3.8, 4) is 40.3 Å². The Morgan fingerprint density at radius 1 is 0.985 bits per heavy atom. The fourth-order valence-electron chi connectivity index (χ4n) is 10.0. The van der Waals surface area contributed by atoms with E-state index < -0.39 is 30.0 Å². The summed E-state index contributed by atoms with van der Waals surface area (Å²) in [7, 11) is 0. The Hall–Kier alpha value is -6.49. The number of rotatable bonds is 12. The number of hydrogen-bond acceptors (Lipinski definition) is 15. The Morgan fingerprint density at radius 3 is 2.45 bits per heavy atom. The first-order valence-corrected chi connectivity index (χ1v) is 22.4. The molecule has 0 radical (unpaired) electrons. The average molecular weight is 887 g/mol. The third-order valence-electron chi connectivity index (χ3n) is 13.6. The first-order valence-electron chi connectivity index (χ1n) is 22.4. The number of likely N-dealkylation sites (tertiary alicyclic amines) is 1. The summed E-state index contributed by atoms with van der Waals surface area (Å²) in [4.78, 5) is 36.0. The number of cyclic esters (lactones) is 1. The molecule has 6 heterocycles. The Balaban J connectivity index is 0.826. The zero-order valence-electron chi connectivity index (χ0n) is 36.9. The van der Waals surface area contributed by atoms with Gasteiger partial charge in [0.2, 0.25) is 5.60 Å². The van der Waals surface area contributed by atoms with Crippen molar-refractivity contribution in [1.82, 2.24) is 29.5 Å². The lowest BCUT2D eigenvalue weighted by Crippen LogP contribution is -2.53. The molecule has 0 amide bonds. The van der Waals surface area contributed by atoms with Gasteiger partial charge in [-0.05, 0) is 110 Å². The van der Waals surface area contributed by atoms with Gasteiger partial charge in [-0.3, -0.25) is 9.69 Å². The highest BCUT2D eigenvalue weighted by atomic mass is 16.6. The minimum atomic E-state index is -1.79. The maximum Gasteiger partial charge on any atom is 0.355 e. The number of aromatic nitrogens is 4. The third kappa shape index (κ3) is 7.72. The largest absolute Gasteiger partial charge is 0.508 e. The van der Waals surface area contributed by atoms with E-state index in [1.54, 1.807) is 37.3 Å². The number of aryl methyl sites for hydroxylation is 1. The zero-order chi connectivity index (χ0) is 45.9. The van der Waals surface area contributed by atoms with Crippen LogP contribution in [0.4, 0.5) is 0 Å². The van der Waals surface area contributed by atoms with Crippen molar-refractivity contribution in [3.63, 3.8) is 0 Å². The molecule has 0 saturated carbocycles. The number of phenolic OH excluding ortho intramolecular Hbond substituents is 3. The molecular weight excluding hydrogens is 833 g/mol. The van der Waals surface area contributed by atoms with Crippen molar-refractivity contribution in [2.75, 3.05) is 19.7 Å². The molecule has 1 saturated heterocycles. The van der Waals surface area contributed by atoms with Gasteiger partial charge in [0.05, 0.1) is 28.2 Å². The summed E-state index contributed by atoms with van der Waals surface area (Å²) in [5.74, 6) is -0.892. The normalized spacial score (nSPS) is 20.4. The maximum absolute atomic E-state index is 13.7. The molecule has 0 spiro atoms. The molecule has 16 heteroatoms. The van der Waals surface area contributed by atoms with Crippen molar-refractivity contribution in [3.05, 3.63) is 99.8 Å². The average Bonchev–Trinajstić information content (AvgIpc) is 3.86. The van der Waals surface area contributed by atoms with Crippen molar-refractivity contribution < 1.29 is 49.7 Å². The highest BCUT2D eigenvalue weighted by Crippen LogP contribution is 2.48. The van der Waals surface area contributed by atoms with Crippen molar-refractivity contribution in [2.45, 2.75) is 103 Å². The first-order chi connectivity index (χ1) is 31.2. The summed E-state index contributed by atoms with van der Waals surface area (Å²) in [6.45, 7) is 9.08. The van der Waals surface area contributed by atoms with E-state index in [0.29, 0.717) is 76.8 Å². The highest BCUT2D eigenvalue weighted by molar-refractivity contribution is 5.93. The third-order valence-corrected chi connectivity index (χ3v) is 13.6. The lowest BCUT2D eigenvalue weighted by atomic mass is 9.82. The van der Waals surface area contributed by atoms with E-state index in [4.69, 9.17) is 14.5 Å². The van der Waals surface area contributed by atoms with E-state index in [0.717, 1.165) is 41.3 Å². The smallest absolute Gasteiger partial charge is 0.355 e. The van der Waals surface area contributed by atoms with Gasteiger partial charge >= 0.3 is 17.9 Å². The van der Waals surface area contributed by atoms with Crippen molar-refractivity contribution in [1.29, 1.82) is 0 Å². The van der Waals surface area contributed by atoms with E-state index in [9.17, 15) is 40.2 Å². The molecule has 3 unspecified atom stereocenters. The minimum absolute atomic E-state index is 0.0193. The van der Waals surface area contributed by atoms with E-state index in [-0.39, 0.29) is 60.9 Å². The van der Waals surface area contributed by atoms with Gasteiger partial charge in [0.15, 0.2) is 12.1 Å². The number of benzene rings is 3. The van der Waals surface area contributed by atoms with Crippen LogP contribution in [0.5, 0.6) is 23.3 Å². The number of pyridine rings is 1. The Bertz CT molecular complexity index is 2760. The van der Waals surface area contributed by atoms with Crippen LogP contribution >= 0.6 is 0 Å². The number of carbonyl (C=O) groups excluding carboxylic acids is 2. The molecule has 6 N–H and O–H groups in total. The fourth-order valence-corrected chi connectivity index (χ4v) is 10.0. The van der Waals surface area contributed by atoms with E-state index in [1.807, 2.05) is 54.8 Å². The molecular formula is C49H54N6O10. The molecule has 9 rings (SSSR count). The number of fused-ring (bicyclic) bond motifs is 4. The summed E-state index contributed by atoms with van der Waals surface area (Å²) >= 11 is 0. The van der Waals surface area contributed by atoms with Gasteiger partial charge in [-0.25, -0.2) is 14.3 Å². The summed E-state index contributed by atoms with van der Waals surface area (Å²) in [6.07, 6.45) is 2.87. The summed E-state index contributed by atoms with van der Waals surface area (Å²) in [6, 6.07) is 15.3. The second-order valence-electron chi connectivity index (χ2n) is 17.8. The maximum atomic E-state index is 13.7. The van der Waals surface area contributed by atoms with Gasteiger partial charge in [-0.1, -0.05) is 44.9 Å². The molecule has 340 valence electrons. The number of nitrogens with zero attached hydrogens (tertiary/aromatic N) is 6. The standard InChI is InChI=1S/C49H54N6O10/c1-5-31-33-20-30(56)11-12-38(33)50-44-35(31)24-54-39(44)22-37-36(46(54)61)25-64-47(62)49(37,6-2)65-43(60)14-13-42(59)53-17-15-28(16-18-53)19-27-7-9-29(10-8-27)55-45(51-52-48(55)63)34-21-32(26(3)4)40(57)23-41(34)58/h7-12,20-23,26,28,42,46,56-59,61H,5-6,13-19,24-25H2,1-4H3,(H,52,63). The van der Waals surface area contributed by atoms with Gasteiger partial charge in [-0.2, -0.15) is 0 Å². The van der Waals surface area contributed by atoms with Gasteiger partial charge in [0.1, 0.15) is 30.1 Å². The molecule has 16 nitrogen and oxygen atoms in total. The minimum Gasteiger partial charge on any atom is -0.508 e. The number of esters is 2. The zero-order valence-corrected chi connectivity index (χ0v) is 36.9. The molecule has 1 fully saturated rings. The molecule has 5 aromatic rings. The van der Waals surface area contributed by atoms with Crippen LogP contribution in [0.1, 0.15) is 93.7 Å². The number of aromatic hydroxyl groups is 4. The quantitative estimate of drug-likeness (QED) is 0.0782. The van der Waals surface area contributed by atoms with Crippen LogP contribution in [-0.2, 0) is 38.4 Å². The van der Waals surface area contributed by atoms with Gasteiger partial charge in [0.25, 0.3) is 0 Å². The van der Waals surface area contributed by atoms with Crippen molar-refractivity contribution in [2.24, 2.45) is 5.92 Å². The van der Waals surface area contributed by atoms with Crippen LogP contribution in [0.15, 0.2) is 71.8 Å². The van der Waals surface area contributed by atoms with Gasteiger partial charge < -0.3 is 45.0 Å². The second-order valence-corrected chi connectivity index (χ2v) is 17.8. The van der Waals surface area contributed by atoms with Crippen LogP contribution < -0.4 is 0 Å². The lowest BCUT2D eigenvalue weighted by molar-refractivity contribution is -0.181. The topological polar surface area (TPSA) is 224 Å². The summed E-state index contributed by atoms with van der Waals surface area (Å²) in [5.41, 5.74) is 5.58. The van der Waals surface area contributed by atoms with Crippen LogP contribution in [-0.4, -0.2) is 110 Å². The van der Waals surface area contributed by atoms with E-state index in [1.165, 1.54) is 10.6 Å². The predicted octanol–water partition coefficient (Wildman–Crippen LogP) is 6.08. The lowest BCUT2D eigenvalue weighted by Gasteiger charge is -2.42. The molecule has 4 aliphatic heterocycles. The second kappa shape index (κ2) is 17.1. The highest BCUT2D eigenvalue weighted by Gasteiger charge is 2.53. The number of carbonyl (C=O) groups is 2. The van der Waals surface area contributed by atoms with Crippen LogP contribution in [0, 0.1) is 5.92 Å². The number of aliphatic hydroxyl groups is 2. The van der Waals surface area contributed by atoms with E-state index in [2.05, 4.69) is 10.2 Å². The molecule has 3 aromatic carbocycles. The summed E-state index contributed by atoms with van der Waals surface area (Å²) < 4.78 is 13.1. The Morgan fingerprint density at radius 2 is 1.74 bits per heavy atom.